The highest BCUT2D eigenvalue weighted by molar-refractivity contribution is 9.10. The van der Waals surface area contributed by atoms with E-state index in [0.29, 0.717) is 19.2 Å². The van der Waals surface area contributed by atoms with Crippen LogP contribution in [0.4, 0.5) is 0 Å². The van der Waals surface area contributed by atoms with Crippen LogP contribution in [-0.4, -0.2) is 29.9 Å². The molecule has 17 heavy (non-hydrogen) atoms. The van der Waals surface area contributed by atoms with E-state index in [1.54, 1.807) is 6.92 Å². The maximum absolute atomic E-state index is 10.1. The molecule has 1 fully saturated rings. The van der Waals surface area contributed by atoms with Crippen LogP contribution in [0.15, 0.2) is 28.7 Å². The third kappa shape index (κ3) is 4.66. The van der Waals surface area contributed by atoms with Gasteiger partial charge in [-0.05, 0) is 38.0 Å². The van der Waals surface area contributed by atoms with Gasteiger partial charge in [-0.3, -0.25) is 0 Å². The van der Waals surface area contributed by atoms with Gasteiger partial charge in [0.05, 0.1) is 0 Å². The third-order valence-corrected chi connectivity index (χ3v) is 3.19. The second-order valence-corrected chi connectivity index (χ2v) is 5.81. The van der Waals surface area contributed by atoms with Gasteiger partial charge in [-0.2, -0.15) is 0 Å². The second-order valence-electron chi connectivity index (χ2n) is 4.90. The van der Waals surface area contributed by atoms with E-state index in [4.69, 9.17) is 4.74 Å². The zero-order chi connectivity index (χ0) is 12.3. The van der Waals surface area contributed by atoms with Gasteiger partial charge in [0.1, 0.15) is 18.0 Å². The lowest BCUT2D eigenvalue weighted by Gasteiger charge is -2.24. The van der Waals surface area contributed by atoms with E-state index in [-0.39, 0.29) is 0 Å². The van der Waals surface area contributed by atoms with Crippen LogP contribution in [0.2, 0.25) is 0 Å². The molecule has 2 rings (SSSR count). The van der Waals surface area contributed by atoms with Gasteiger partial charge in [-0.15, -0.1) is 0 Å². The van der Waals surface area contributed by atoms with Crippen LogP contribution in [0.25, 0.3) is 0 Å². The van der Waals surface area contributed by atoms with Crippen molar-refractivity contribution in [2.75, 3.05) is 13.2 Å². The smallest absolute Gasteiger partial charge is 0.120 e. The van der Waals surface area contributed by atoms with Gasteiger partial charge < -0.3 is 15.2 Å². The first-order valence-electron chi connectivity index (χ1n) is 5.89. The summed E-state index contributed by atoms with van der Waals surface area (Å²) in [5.41, 5.74) is -0.828. The summed E-state index contributed by atoms with van der Waals surface area (Å²) in [4.78, 5) is 0. The van der Waals surface area contributed by atoms with Crippen molar-refractivity contribution in [1.82, 2.24) is 5.32 Å². The van der Waals surface area contributed by atoms with E-state index < -0.39 is 5.60 Å². The quantitative estimate of drug-likeness (QED) is 0.847. The van der Waals surface area contributed by atoms with Crippen molar-refractivity contribution < 1.29 is 9.84 Å². The first-order chi connectivity index (χ1) is 8.05. The highest BCUT2D eigenvalue weighted by atomic mass is 79.9. The molecule has 0 radical (unpaired) electrons. The van der Waals surface area contributed by atoms with Gasteiger partial charge in [0.25, 0.3) is 0 Å². The molecule has 1 saturated carbocycles. The standard InChI is InChI=1S/C13H18BrNO2/c1-13(16,8-15-11-5-6-11)9-17-12-4-2-3-10(14)7-12/h2-4,7,11,15-16H,5-6,8-9H2,1H3. The number of hydrogen-bond donors (Lipinski definition) is 2. The van der Waals surface area contributed by atoms with Crippen molar-refractivity contribution in [3.8, 4) is 5.75 Å². The maximum atomic E-state index is 10.1. The Kier molecular flexibility index (Phi) is 4.07. The number of ether oxygens (including phenoxy) is 1. The van der Waals surface area contributed by atoms with E-state index in [1.807, 2.05) is 24.3 Å². The Labute approximate surface area is 110 Å². The molecule has 0 aromatic heterocycles. The molecule has 2 N–H and O–H groups in total. The predicted molar refractivity (Wildman–Crippen MR) is 71.3 cm³/mol. The molecular weight excluding hydrogens is 282 g/mol. The average Bonchev–Trinajstić information content (AvgIpc) is 3.08. The summed E-state index contributed by atoms with van der Waals surface area (Å²) in [6, 6.07) is 8.24. The van der Waals surface area contributed by atoms with E-state index in [2.05, 4.69) is 21.2 Å². The number of hydrogen-bond acceptors (Lipinski definition) is 3. The molecule has 0 heterocycles. The van der Waals surface area contributed by atoms with Crippen molar-refractivity contribution in [1.29, 1.82) is 0 Å². The van der Waals surface area contributed by atoms with Crippen molar-refractivity contribution >= 4 is 15.9 Å². The molecule has 1 unspecified atom stereocenters. The van der Waals surface area contributed by atoms with Gasteiger partial charge in [-0.25, -0.2) is 0 Å². The molecule has 4 heteroatoms. The fourth-order valence-electron chi connectivity index (χ4n) is 1.50. The number of halogens is 1. The molecule has 1 aromatic rings. The van der Waals surface area contributed by atoms with Crippen LogP contribution in [0.3, 0.4) is 0 Å². The lowest BCUT2D eigenvalue weighted by Crippen LogP contribution is -2.43. The Morgan fingerprint density at radius 3 is 2.94 bits per heavy atom. The molecule has 0 bridgehead atoms. The molecular formula is C13H18BrNO2. The predicted octanol–water partition coefficient (Wildman–Crippen LogP) is 2.33. The highest BCUT2D eigenvalue weighted by Gasteiger charge is 2.27. The van der Waals surface area contributed by atoms with Gasteiger partial charge >= 0.3 is 0 Å². The molecule has 94 valence electrons. The Bertz CT molecular complexity index is 377. The Morgan fingerprint density at radius 2 is 2.29 bits per heavy atom. The Hall–Kier alpha value is -0.580. The minimum atomic E-state index is -0.828. The molecule has 0 saturated heterocycles. The molecule has 0 amide bonds. The van der Waals surface area contributed by atoms with E-state index in [1.165, 1.54) is 12.8 Å². The minimum Gasteiger partial charge on any atom is -0.491 e. The number of rotatable bonds is 6. The van der Waals surface area contributed by atoms with Gasteiger partial charge in [-0.1, -0.05) is 22.0 Å². The normalized spacial score (nSPS) is 18.8. The fraction of sp³-hybridized carbons (Fsp3) is 0.538. The van der Waals surface area contributed by atoms with Gasteiger partial charge in [0.15, 0.2) is 0 Å². The van der Waals surface area contributed by atoms with Gasteiger partial charge in [0, 0.05) is 17.1 Å². The zero-order valence-corrected chi connectivity index (χ0v) is 11.5. The van der Waals surface area contributed by atoms with Crippen molar-refractivity contribution in [3.63, 3.8) is 0 Å². The third-order valence-electron chi connectivity index (χ3n) is 2.69. The van der Waals surface area contributed by atoms with Crippen LogP contribution < -0.4 is 10.1 Å². The summed E-state index contributed by atoms with van der Waals surface area (Å²) in [6.07, 6.45) is 2.45. The fourth-order valence-corrected chi connectivity index (χ4v) is 1.88. The first-order valence-corrected chi connectivity index (χ1v) is 6.69. The topological polar surface area (TPSA) is 41.5 Å². The summed E-state index contributed by atoms with van der Waals surface area (Å²) >= 11 is 3.39. The SMILES string of the molecule is CC(O)(CNC1CC1)COc1cccc(Br)c1. The molecule has 0 aliphatic heterocycles. The van der Waals surface area contributed by atoms with Crippen LogP contribution in [0.1, 0.15) is 19.8 Å². The average molecular weight is 300 g/mol. The van der Waals surface area contributed by atoms with Crippen LogP contribution in [0.5, 0.6) is 5.75 Å². The molecule has 1 aliphatic carbocycles. The second kappa shape index (κ2) is 5.38. The van der Waals surface area contributed by atoms with Crippen molar-refractivity contribution in [2.24, 2.45) is 0 Å². The summed E-state index contributed by atoms with van der Waals surface area (Å²) in [6.45, 7) is 2.66. The summed E-state index contributed by atoms with van der Waals surface area (Å²) < 4.78 is 6.56. The Morgan fingerprint density at radius 1 is 1.53 bits per heavy atom. The highest BCUT2D eigenvalue weighted by Crippen LogP contribution is 2.21. The van der Waals surface area contributed by atoms with Crippen molar-refractivity contribution in [2.45, 2.75) is 31.4 Å². The number of benzene rings is 1. The number of nitrogens with one attached hydrogen (secondary N) is 1. The zero-order valence-electron chi connectivity index (χ0n) is 9.95. The maximum Gasteiger partial charge on any atom is 0.120 e. The summed E-state index contributed by atoms with van der Waals surface area (Å²) in [5, 5.41) is 13.4. The van der Waals surface area contributed by atoms with Crippen LogP contribution >= 0.6 is 15.9 Å². The molecule has 1 aromatic carbocycles. The Balaban J connectivity index is 1.78. The largest absolute Gasteiger partial charge is 0.491 e. The minimum absolute atomic E-state index is 0.295. The number of aliphatic hydroxyl groups is 1. The van der Waals surface area contributed by atoms with Crippen LogP contribution in [0, 0.1) is 0 Å². The lowest BCUT2D eigenvalue weighted by molar-refractivity contribution is 0.0120. The van der Waals surface area contributed by atoms with E-state index in [9.17, 15) is 5.11 Å². The van der Waals surface area contributed by atoms with Crippen LogP contribution in [-0.2, 0) is 0 Å². The molecule has 3 nitrogen and oxygen atoms in total. The van der Waals surface area contributed by atoms with E-state index >= 15 is 0 Å². The first kappa shape index (κ1) is 12.9. The lowest BCUT2D eigenvalue weighted by atomic mass is 10.1. The van der Waals surface area contributed by atoms with E-state index in [0.717, 1.165) is 10.2 Å². The van der Waals surface area contributed by atoms with Gasteiger partial charge in [0.2, 0.25) is 0 Å². The van der Waals surface area contributed by atoms with Crippen molar-refractivity contribution in [3.05, 3.63) is 28.7 Å². The molecule has 1 atom stereocenters. The molecule has 0 spiro atoms. The monoisotopic (exact) mass is 299 g/mol. The molecule has 1 aliphatic rings. The summed E-state index contributed by atoms with van der Waals surface area (Å²) in [5.74, 6) is 0.770. The summed E-state index contributed by atoms with van der Waals surface area (Å²) in [7, 11) is 0.